The van der Waals surface area contributed by atoms with E-state index in [1.165, 1.54) is 22.3 Å². The second-order valence-electron chi connectivity index (χ2n) is 4.10. The largest absolute Gasteiger partial charge is 0.265 e. The van der Waals surface area contributed by atoms with Gasteiger partial charge >= 0.3 is 0 Å². The molecule has 0 N–H and O–H groups in total. The first-order valence-corrected chi connectivity index (χ1v) is 5.62. The first-order chi connectivity index (χ1) is 7.93. The van der Waals surface area contributed by atoms with Gasteiger partial charge in [0.1, 0.15) is 0 Å². The van der Waals surface area contributed by atoms with Crippen LogP contribution in [0, 0.1) is 0 Å². The lowest BCUT2D eigenvalue weighted by Crippen LogP contribution is -1.98. The number of aryl methyl sites for hydroxylation is 1. The Morgan fingerprint density at radius 2 is 1.69 bits per heavy atom. The predicted molar refractivity (Wildman–Crippen MR) is 66.9 cm³/mol. The van der Waals surface area contributed by atoms with Crippen LogP contribution in [0.4, 0.5) is 0 Å². The molecule has 1 heteroatoms. The van der Waals surface area contributed by atoms with E-state index in [1.54, 1.807) is 0 Å². The second kappa shape index (κ2) is 3.93. The lowest BCUT2D eigenvalue weighted by atomic mass is 9.89. The highest BCUT2D eigenvalue weighted by atomic mass is 14.6. The van der Waals surface area contributed by atoms with Crippen molar-refractivity contribution in [3.05, 3.63) is 65.5 Å². The Labute approximate surface area is 95.5 Å². The Bertz CT molecular complexity index is 526. The van der Waals surface area contributed by atoms with Crippen LogP contribution in [-0.2, 0) is 6.42 Å². The van der Waals surface area contributed by atoms with Gasteiger partial charge in [-0.05, 0) is 47.2 Å². The van der Waals surface area contributed by atoms with Crippen molar-refractivity contribution in [2.24, 2.45) is 0 Å². The molecule has 0 fully saturated rings. The van der Waals surface area contributed by atoms with E-state index in [0.29, 0.717) is 0 Å². The molecule has 1 aromatic heterocycles. The van der Waals surface area contributed by atoms with Crippen LogP contribution in [0.25, 0.3) is 11.6 Å². The minimum absolute atomic E-state index is 1.13. The van der Waals surface area contributed by atoms with Gasteiger partial charge in [0.15, 0.2) is 0 Å². The zero-order valence-electron chi connectivity index (χ0n) is 9.06. The molecule has 2 aromatic rings. The second-order valence-corrected chi connectivity index (χ2v) is 4.10. The third kappa shape index (κ3) is 1.65. The topological polar surface area (TPSA) is 12.9 Å². The molecule has 1 aliphatic rings. The highest BCUT2D eigenvalue weighted by molar-refractivity contribution is 5.84. The molecule has 16 heavy (non-hydrogen) atoms. The summed E-state index contributed by atoms with van der Waals surface area (Å²) in [4.78, 5) is 4.06. The molecular formula is C15H13N. The van der Waals surface area contributed by atoms with Gasteiger partial charge in [-0.1, -0.05) is 30.3 Å². The maximum Gasteiger partial charge on any atom is 0.0273 e. The summed E-state index contributed by atoms with van der Waals surface area (Å²) in [7, 11) is 0. The van der Waals surface area contributed by atoms with E-state index in [0.717, 1.165) is 12.8 Å². The molecule has 0 amide bonds. The standard InChI is InChI=1S/C15H13N/c1-2-4-14-11-15(6-5-12(14)3-1)13-7-9-16-10-8-13/h1-4,7-11H,5-6H2. The number of fused-ring (bicyclic) bond motifs is 1. The van der Waals surface area contributed by atoms with Gasteiger partial charge in [-0.2, -0.15) is 0 Å². The first kappa shape index (κ1) is 9.34. The number of pyridine rings is 1. The van der Waals surface area contributed by atoms with Gasteiger partial charge in [-0.3, -0.25) is 4.98 Å². The number of aromatic nitrogens is 1. The molecule has 0 unspecified atom stereocenters. The summed E-state index contributed by atoms with van der Waals surface area (Å²) in [6.07, 6.45) is 8.28. The maximum absolute atomic E-state index is 4.06. The molecule has 1 heterocycles. The van der Waals surface area contributed by atoms with Crippen molar-refractivity contribution in [1.82, 2.24) is 4.98 Å². The van der Waals surface area contributed by atoms with Gasteiger partial charge < -0.3 is 0 Å². The van der Waals surface area contributed by atoms with Crippen molar-refractivity contribution < 1.29 is 0 Å². The lowest BCUT2D eigenvalue weighted by Gasteiger charge is -2.16. The minimum atomic E-state index is 1.13. The smallest absolute Gasteiger partial charge is 0.0273 e. The van der Waals surface area contributed by atoms with Gasteiger partial charge in [-0.25, -0.2) is 0 Å². The van der Waals surface area contributed by atoms with E-state index in [-0.39, 0.29) is 0 Å². The Morgan fingerprint density at radius 1 is 0.875 bits per heavy atom. The van der Waals surface area contributed by atoms with Gasteiger partial charge in [0.05, 0.1) is 0 Å². The summed E-state index contributed by atoms with van der Waals surface area (Å²) in [5.74, 6) is 0. The fourth-order valence-electron chi connectivity index (χ4n) is 2.23. The van der Waals surface area contributed by atoms with Crippen LogP contribution >= 0.6 is 0 Å². The minimum Gasteiger partial charge on any atom is -0.265 e. The molecule has 0 radical (unpaired) electrons. The molecule has 0 atom stereocenters. The fraction of sp³-hybridized carbons (Fsp3) is 0.133. The van der Waals surface area contributed by atoms with E-state index in [4.69, 9.17) is 0 Å². The summed E-state index contributed by atoms with van der Waals surface area (Å²) < 4.78 is 0. The zero-order valence-corrected chi connectivity index (χ0v) is 9.06. The van der Waals surface area contributed by atoms with Crippen LogP contribution in [-0.4, -0.2) is 4.98 Å². The summed E-state index contributed by atoms with van der Waals surface area (Å²) in [6.45, 7) is 0. The van der Waals surface area contributed by atoms with E-state index in [1.807, 2.05) is 12.4 Å². The van der Waals surface area contributed by atoms with Crippen molar-refractivity contribution in [3.63, 3.8) is 0 Å². The Kier molecular flexibility index (Phi) is 2.30. The molecule has 0 saturated carbocycles. The van der Waals surface area contributed by atoms with Crippen molar-refractivity contribution in [1.29, 1.82) is 0 Å². The highest BCUT2D eigenvalue weighted by Gasteiger charge is 2.10. The average molecular weight is 207 g/mol. The molecule has 1 aliphatic carbocycles. The quantitative estimate of drug-likeness (QED) is 0.696. The molecule has 0 saturated heterocycles. The van der Waals surface area contributed by atoms with Crippen LogP contribution in [0.1, 0.15) is 23.1 Å². The van der Waals surface area contributed by atoms with E-state index in [2.05, 4.69) is 47.5 Å². The predicted octanol–water partition coefficient (Wildman–Crippen LogP) is 3.57. The Morgan fingerprint density at radius 3 is 2.56 bits per heavy atom. The molecule has 3 rings (SSSR count). The first-order valence-electron chi connectivity index (χ1n) is 5.62. The number of allylic oxidation sites excluding steroid dienone is 1. The number of benzene rings is 1. The van der Waals surface area contributed by atoms with Gasteiger partial charge in [0.2, 0.25) is 0 Å². The molecule has 0 bridgehead atoms. The molecule has 0 spiro atoms. The molecule has 1 nitrogen and oxygen atoms in total. The highest BCUT2D eigenvalue weighted by Crippen LogP contribution is 2.29. The van der Waals surface area contributed by atoms with E-state index < -0.39 is 0 Å². The average Bonchev–Trinajstić information content (AvgIpc) is 2.39. The van der Waals surface area contributed by atoms with Crippen LogP contribution in [0.3, 0.4) is 0 Å². The van der Waals surface area contributed by atoms with Crippen molar-refractivity contribution in [3.8, 4) is 0 Å². The number of hydrogen-bond acceptors (Lipinski definition) is 1. The summed E-state index contributed by atoms with van der Waals surface area (Å²) >= 11 is 0. The van der Waals surface area contributed by atoms with Crippen molar-refractivity contribution in [2.75, 3.05) is 0 Å². The normalized spacial score (nSPS) is 14.1. The van der Waals surface area contributed by atoms with E-state index >= 15 is 0 Å². The van der Waals surface area contributed by atoms with Crippen LogP contribution in [0.5, 0.6) is 0 Å². The molecular weight excluding hydrogens is 194 g/mol. The van der Waals surface area contributed by atoms with Gasteiger partial charge in [-0.15, -0.1) is 0 Å². The van der Waals surface area contributed by atoms with Crippen LogP contribution in [0.2, 0.25) is 0 Å². The Balaban J connectivity index is 2.04. The van der Waals surface area contributed by atoms with Crippen LogP contribution in [0.15, 0.2) is 48.8 Å². The van der Waals surface area contributed by atoms with E-state index in [9.17, 15) is 0 Å². The summed E-state index contributed by atoms with van der Waals surface area (Å²) in [6, 6.07) is 12.8. The molecule has 0 aliphatic heterocycles. The maximum atomic E-state index is 4.06. The summed E-state index contributed by atoms with van der Waals surface area (Å²) in [5, 5.41) is 0. The number of hydrogen-bond donors (Lipinski definition) is 0. The summed E-state index contributed by atoms with van der Waals surface area (Å²) in [5.41, 5.74) is 5.53. The Hall–Kier alpha value is -1.89. The SMILES string of the molecule is C1=C(c2ccncc2)CCc2ccccc21. The van der Waals surface area contributed by atoms with Gasteiger partial charge in [0.25, 0.3) is 0 Å². The third-order valence-electron chi connectivity index (χ3n) is 3.10. The fourth-order valence-corrected chi connectivity index (χ4v) is 2.23. The molecule has 1 aromatic carbocycles. The van der Waals surface area contributed by atoms with Crippen LogP contribution < -0.4 is 0 Å². The number of rotatable bonds is 1. The zero-order chi connectivity index (χ0) is 10.8. The third-order valence-corrected chi connectivity index (χ3v) is 3.10. The number of nitrogens with zero attached hydrogens (tertiary/aromatic N) is 1. The lowest BCUT2D eigenvalue weighted by molar-refractivity contribution is 1.000. The molecule has 78 valence electrons. The van der Waals surface area contributed by atoms with Crippen molar-refractivity contribution in [2.45, 2.75) is 12.8 Å². The van der Waals surface area contributed by atoms with Crippen molar-refractivity contribution >= 4 is 11.6 Å². The van der Waals surface area contributed by atoms with Gasteiger partial charge in [0, 0.05) is 12.4 Å². The monoisotopic (exact) mass is 207 g/mol.